The van der Waals surface area contributed by atoms with Crippen LogP contribution in [0.1, 0.15) is 42.2 Å². The first-order valence-corrected chi connectivity index (χ1v) is 10.1. The number of hydrogen-bond donors (Lipinski definition) is 3. The van der Waals surface area contributed by atoms with E-state index in [-0.39, 0.29) is 17.4 Å². The fourth-order valence-corrected chi connectivity index (χ4v) is 4.36. The van der Waals surface area contributed by atoms with Gasteiger partial charge in [0.05, 0.1) is 5.56 Å². The van der Waals surface area contributed by atoms with E-state index in [0.29, 0.717) is 10.6 Å². The summed E-state index contributed by atoms with van der Waals surface area (Å²) in [5, 5.41) is 18.7. The number of amides is 1. The minimum atomic E-state index is -1.79. The maximum Gasteiger partial charge on any atom is 0.228 e. The lowest BCUT2D eigenvalue weighted by Gasteiger charge is -2.27. The topological polar surface area (TPSA) is 77.0 Å². The van der Waals surface area contributed by atoms with Crippen LogP contribution < -0.4 is 16.0 Å². The van der Waals surface area contributed by atoms with E-state index in [1.165, 1.54) is 16.2 Å². The number of nitrogens with one attached hydrogen (secondary N) is 3. The third-order valence-corrected chi connectivity index (χ3v) is 5.82. The number of hydrogen-bond acceptors (Lipinski definition) is 4. The molecule has 0 unspecified atom stereocenters. The number of carbonyl (C=O) groups excluding carboxylic acids is 1. The summed E-state index contributed by atoms with van der Waals surface area (Å²) < 4.78 is -1.79. The molecule has 0 aromatic carbocycles. The Morgan fingerprint density at radius 2 is 2.04 bits per heavy atom. The Kier molecular flexibility index (Phi) is 7.18. The standard InChI is InChI=1S/C15H17Cl3N4OS2/c1-2-11(23)20-13(15(16,17)18)22-14(24)21-12-9(7-19)8-5-3-4-6-10(8)25-12/h13H,2-6H2,1H3,(H,20,23)(H2,21,22,24)/t13-/m0/s1. The van der Waals surface area contributed by atoms with Gasteiger partial charge in [0.15, 0.2) is 5.11 Å². The van der Waals surface area contributed by atoms with Gasteiger partial charge in [-0.05, 0) is 43.5 Å². The highest BCUT2D eigenvalue weighted by atomic mass is 35.6. The molecule has 136 valence electrons. The molecule has 1 aliphatic carbocycles. The van der Waals surface area contributed by atoms with Crippen LogP contribution in [0.15, 0.2) is 0 Å². The van der Waals surface area contributed by atoms with Gasteiger partial charge in [0, 0.05) is 11.3 Å². The predicted octanol–water partition coefficient (Wildman–Crippen LogP) is 4.01. The maximum atomic E-state index is 11.6. The highest BCUT2D eigenvalue weighted by Gasteiger charge is 2.34. The summed E-state index contributed by atoms with van der Waals surface area (Å²) >= 11 is 24.5. The number of nitrogens with zero attached hydrogens (tertiary/aromatic N) is 1. The first-order chi connectivity index (χ1) is 11.8. The molecule has 1 amide bonds. The molecule has 0 saturated heterocycles. The molecule has 0 saturated carbocycles. The fourth-order valence-electron chi connectivity index (χ4n) is 2.51. The van der Waals surface area contributed by atoms with Crippen LogP contribution in [0.3, 0.4) is 0 Å². The zero-order valence-electron chi connectivity index (χ0n) is 13.4. The van der Waals surface area contributed by atoms with Gasteiger partial charge in [-0.3, -0.25) is 4.79 Å². The third kappa shape index (κ3) is 5.35. The molecule has 0 spiro atoms. The van der Waals surface area contributed by atoms with Crippen LogP contribution in [0.2, 0.25) is 0 Å². The van der Waals surface area contributed by atoms with Crippen molar-refractivity contribution in [2.75, 3.05) is 5.32 Å². The quantitative estimate of drug-likeness (QED) is 0.375. The average Bonchev–Trinajstić information content (AvgIpc) is 2.89. The number of thiocarbonyl (C=S) groups is 1. The van der Waals surface area contributed by atoms with Crippen LogP contribution in [0.5, 0.6) is 0 Å². The van der Waals surface area contributed by atoms with Crippen LogP contribution in [-0.2, 0) is 17.6 Å². The Labute approximate surface area is 171 Å². The molecular formula is C15H17Cl3N4OS2. The Morgan fingerprint density at radius 1 is 1.36 bits per heavy atom. The Hall–Kier alpha value is -0.780. The smallest absolute Gasteiger partial charge is 0.228 e. The van der Waals surface area contributed by atoms with Crippen molar-refractivity contribution in [3.05, 3.63) is 16.0 Å². The van der Waals surface area contributed by atoms with Gasteiger partial charge in [0.1, 0.15) is 17.2 Å². The first-order valence-electron chi connectivity index (χ1n) is 7.74. The third-order valence-electron chi connectivity index (χ3n) is 3.74. The number of fused-ring (bicyclic) bond motifs is 1. The summed E-state index contributed by atoms with van der Waals surface area (Å²) in [4.78, 5) is 12.8. The number of halogens is 3. The van der Waals surface area contributed by atoms with E-state index in [9.17, 15) is 10.1 Å². The highest BCUT2D eigenvalue weighted by molar-refractivity contribution is 7.80. The van der Waals surface area contributed by atoms with Gasteiger partial charge in [-0.1, -0.05) is 41.7 Å². The molecule has 0 fully saturated rings. The molecule has 1 atom stereocenters. The van der Waals surface area contributed by atoms with E-state index in [1.807, 2.05) is 0 Å². The zero-order chi connectivity index (χ0) is 18.6. The van der Waals surface area contributed by atoms with Gasteiger partial charge in [-0.15, -0.1) is 11.3 Å². The largest absolute Gasteiger partial charge is 0.339 e. The Morgan fingerprint density at radius 3 is 2.64 bits per heavy atom. The van der Waals surface area contributed by atoms with Crippen molar-refractivity contribution in [1.29, 1.82) is 5.26 Å². The first kappa shape index (κ1) is 20.5. The van der Waals surface area contributed by atoms with Crippen LogP contribution >= 0.6 is 58.4 Å². The molecule has 5 nitrogen and oxygen atoms in total. The van der Waals surface area contributed by atoms with E-state index >= 15 is 0 Å². The molecular weight excluding hydrogens is 423 g/mol. The minimum absolute atomic E-state index is 0.169. The lowest BCUT2D eigenvalue weighted by molar-refractivity contribution is -0.121. The molecule has 0 bridgehead atoms. The van der Waals surface area contributed by atoms with Gasteiger partial charge in [-0.25, -0.2) is 0 Å². The molecule has 0 radical (unpaired) electrons. The van der Waals surface area contributed by atoms with Crippen molar-refractivity contribution < 1.29 is 4.79 Å². The minimum Gasteiger partial charge on any atom is -0.339 e. The average molecular weight is 440 g/mol. The second-order valence-corrected chi connectivity index (χ2v) is 9.40. The lowest BCUT2D eigenvalue weighted by atomic mass is 9.96. The zero-order valence-corrected chi connectivity index (χ0v) is 17.3. The van der Waals surface area contributed by atoms with Crippen molar-refractivity contribution in [2.45, 2.75) is 49.0 Å². The van der Waals surface area contributed by atoms with Gasteiger partial charge in [0.25, 0.3) is 0 Å². The summed E-state index contributed by atoms with van der Waals surface area (Å²) in [5.74, 6) is -0.282. The van der Waals surface area contributed by atoms with Crippen molar-refractivity contribution in [1.82, 2.24) is 10.6 Å². The summed E-state index contributed by atoms with van der Waals surface area (Å²) in [7, 11) is 0. The number of aryl methyl sites for hydroxylation is 1. The van der Waals surface area contributed by atoms with Crippen molar-refractivity contribution >= 4 is 74.4 Å². The maximum absolute atomic E-state index is 11.6. The molecule has 1 aromatic rings. The molecule has 0 aliphatic heterocycles. The van der Waals surface area contributed by atoms with Crippen LogP contribution in [-0.4, -0.2) is 21.0 Å². The van der Waals surface area contributed by atoms with Crippen molar-refractivity contribution in [3.63, 3.8) is 0 Å². The SMILES string of the molecule is CCC(=O)N[C@@H](NC(=S)Nc1sc2c(c1C#N)CCCC2)C(Cl)(Cl)Cl. The van der Waals surface area contributed by atoms with Gasteiger partial charge < -0.3 is 16.0 Å². The number of anilines is 1. The van der Waals surface area contributed by atoms with Gasteiger partial charge in [-0.2, -0.15) is 5.26 Å². The van der Waals surface area contributed by atoms with Gasteiger partial charge in [0.2, 0.25) is 9.70 Å². The predicted molar refractivity (Wildman–Crippen MR) is 108 cm³/mol. The molecule has 1 aromatic heterocycles. The molecule has 25 heavy (non-hydrogen) atoms. The van der Waals surface area contributed by atoms with E-state index in [2.05, 4.69) is 22.0 Å². The van der Waals surface area contributed by atoms with Gasteiger partial charge >= 0.3 is 0 Å². The monoisotopic (exact) mass is 438 g/mol. The Balaban J connectivity index is 2.12. The van der Waals surface area contributed by atoms with Crippen molar-refractivity contribution in [2.24, 2.45) is 0 Å². The number of thiophene rings is 1. The van der Waals surface area contributed by atoms with Crippen LogP contribution in [0.25, 0.3) is 0 Å². The second kappa shape index (κ2) is 8.74. The Bertz CT molecular complexity index is 709. The normalized spacial score (nSPS) is 14.8. The molecule has 1 heterocycles. The lowest BCUT2D eigenvalue weighted by Crippen LogP contribution is -2.56. The van der Waals surface area contributed by atoms with E-state index in [4.69, 9.17) is 47.0 Å². The highest BCUT2D eigenvalue weighted by Crippen LogP contribution is 2.37. The summed E-state index contributed by atoms with van der Waals surface area (Å²) in [6.07, 6.45) is 3.33. The number of alkyl halides is 3. The van der Waals surface area contributed by atoms with E-state index < -0.39 is 9.96 Å². The summed E-state index contributed by atoms with van der Waals surface area (Å²) in [6, 6.07) is 2.25. The summed E-state index contributed by atoms with van der Waals surface area (Å²) in [5.41, 5.74) is 1.72. The molecule has 2 rings (SSSR count). The van der Waals surface area contributed by atoms with Crippen LogP contribution in [0.4, 0.5) is 5.00 Å². The molecule has 10 heteroatoms. The van der Waals surface area contributed by atoms with Crippen molar-refractivity contribution in [3.8, 4) is 6.07 Å². The fraction of sp³-hybridized carbons (Fsp3) is 0.533. The number of carbonyl (C=O) groups is 1. The summed E-state index contributed by atoms with van der Waals surface area (Å²) in [6.45, 7) is 1.69. The number of rotatable bonds is 4. The number of nitriles is 1. The molecule has 1 aliphatic rings. The van der Waals surface area contributed by atoms with Crippen LogP contribution in [0, 0.1) is 11.3 Å². The second-order valence-electron chi connectivity index (χ2n) is 5.52. The van der Waals surface area contributed by atoms with E-state index in [0.717, 1.165) is 31.2 Å². The van der Waals surface area contributed by atoms with E-state index in [1.54, 1.807) is 6.92 Å². The molecule has 3 N–H and O–H groups in total.